The molecule has 1 aromatic heterocycles. The van der Waals surface area contributed by atoms with Crippen molar-refractivity contribution in [2.24, 2.45) is 11.7 Å². The number of hydrogen-bond acceptors (Lipinski definition) is 9. The first kappa shape index (κ1) is 29.7. The Labute approximate surface area is 209 Å². The number of hydrogen-bond donors (Lipinski definition) is 4. The monoisotopic (exact) mass is 515 g/mol. The number of anilines is 1. The first-order valence-electron chi connectivity index (χ1n) is 11.8. The zero-order chi connectivity index (χ0) is 26.6. The number of benzene rings is 1. The van der Waals surface area contributed by atoms with Crippen LogP contribution in [0.25, 0.3) is 11.3 Å². The third-order valence-electron chi connectivity index (χ3n) is 5.61. The maximum Gasteiger partial charge on any atom is 0.573 e. The van der Waals surface area contributed by atoms with Gasteiger partial charge in [-0.25, -0.2) is 0 Å². The molecular weight excluding hydrogens is 479 g/mol. The van der Waals surface area contributed by atoms with Gasteiger partial charge in [0, 0.05) is 45.0 Å². The Bertz CT molecular complexity index is 943. The van der Waals surface area contributed by atoms with Crippen molar-refractivity contribution in [1.82, 2.24) is 15.5 Å². The predicted octanol–water partition coefficient (Wildman–Crippen LogP) is 3.20. The molecule has 0 saturated carbocycles. The van der Waals surface area contributed by atoms with Crippen LogP contribution in [-0.2, 0) is 29.0 Å². The van der Waals surface area contributed by atoms with Gasteiger partial charge in [-0.3, -0.25) is 5.32 Å². The molecule has 0 amide bonds. The second-order valence-electron chi connectivity index (χ2n) is 8.26. The molecule has 5 N–H and O–H groups in total. The van der Waals surface area contributed by atoms with E-state index in [2.05, 4.69) is 37.2 Å². The molecule has 12 heteroatoms. The van der Waals surface area contributed by atoms with Crippen LogP contribution in [-0.4, -0.2) is 62.3 Å². The van der Waals surface area contributed by atoms with Gasteiger partial charge in [-0.2, -0.15) is 0 Å². The van der Waals surface area contributed by atoms with Crippen molar-refractivity contribution in [3.05, 3.63) is 34.9 Å². The van der Waals surface area contributed by atoms with Crippen molar-refractivity contribution >= 4 is 5.82 Å². The van der Waals surface area contributed by atoms with E-state index in [1.54, 1.807) is 20.3 Å². The first-order chi connectivity index (χ1) is 17.3. The molecule has 3 rings (SSSR count). The number of alkyl halides is 3. The van der Waals surface area contributed by atoms with E-state index < -0.39 is 6.36 Å². The van der Waals surface area contributed by atoms with Gasteiger partial charge in [0.15, 0.2) is 5.82 Å². The zero-order valence-electron chi connectivity index (χ0n) is 21.0. The van der Waals surface area contributed by atoms with Crippen LogP contribution in [0.3, 0.4) is 0 Å². The van der Waals surface area contributed by atoms with Crippen LogP contribution in [0.5, 0.6) is 5.75 Å². The minimum absolute atomic E-state index is 0.129. The molecule has 1 aromatic carbocycles. The highest BCUT2D eigenvalue weighted by molar-refractivity contribution is 5.71. The summed E-state index contributed by atoms with van der Waals surface area (Å²) in [7, 11) is 3.25. The van der Waals surface area contributed by atoms with Crippen molar-refractivity contribution < 1.29 is 32.5 Å². The molecule has 0 aliphatic carbocycles. The summed E-state index contributed by atoms with van der Waals surface area (Å²) in [6.45, 7) is 3.94. The van der Waals surface area contributed by atoms with Crippen LogP contribution in [0.4, 0.5) is 19.0 Å². The molecule has 2 aromatic rings. The molecular formula is C24H36F3N5O4. The Morgan fingerprint density at radius 2 is 2.00 bits per heavy atom. The fourth-order valence-electron chi connectivity index (χ4n) is 3.79. The number of aliphatic hydroxyl groups is 1. The molecule has 0 fully saturated rings. The molecule has 0 bridgehead atoms. The number of methoxy groups -OCH3 is 1. The molecule has 1 aliphatic heterocycles. The largest absolute Gasteiger partial charge is 0.573 e. The second-order valence-corrected chi connectivity index (χ2v) is 8.26. The summed E-state index contributed by atoms with van der Waals surface area (Å²) in [6, 6.07) is 4.14. The van der Waals surface area contributed by atoms with Crippen LogP contribution >= 0.6 is 0 Å². The maximum absolute atomic E-state index is 12.7. The number of fused-ring (bicyclic) bond motifs is 3. The molecule has 0 saturated heterocycles. The summed E-state index contributed by atoms with van der Waals surface area (Å²) >= 11 is 0. The van der Waals surface area contributed by atoms with E-state index in [1.807, 2.05) is 0 Å². The van der Waals surface area contributed by atoms with E-state index in [9.17, 15) is 18.3 Å². The van der Waals surface area contributed by atoms with Crippen molar-refractivity contribution in [2.45, 2.75) is 45.7 Å². The van der Waals surface area contributed by atoms with Crippen molar-refractivity contribution in [2.75, 3.05) is 46.0 Å². The van der Waals surface area contributed by atoms with Gasteiger partial charge in [-0.1, -0.05) is 13.3 Å². The van der Waals surface area contributed by atoms with Crippen LogP contribution in [0.15, 0.2) is 18.2 Å². The van der Waals surface area contributed by atoms with Crippen LogP contribution in [0.2, 0.25) is 0 Å². The molecule has 1 aliphatic rings. The summed E-state index contributed by atoms with van der Waals surface area (Å²) in [4.78, 5) is 0. The van der Waals surface area contributed by atoms with Crippen LogP contribution < -0.4 is 21.1 Å². The third-order valence-corrected chi connectivity index (χ3v) is 5.61. The smallest absolute Gasteiger partial charge is 0.406 e. The van der Waals surface area contributed by atoms with E-state index in [-0.39, 0.29) is 25.0 Å². The van der Waals surface area contributed by atoms with Crippen molar-refractivity contribution in [1.29, 1.82) is 0 Å². The third kappa shape index (κ3) is 8.86. The quantitative estimate of drug-likeness (QED) is 0.373. The number of rotatable bonds is 9. The SMILES string of the molecule is CCC(CN)CNc1nnc2c(c1CNCO)CCCOCc1cc(OC(F)(F)F)ccc1-2.COC. The number of nitrogens with one attached hydrogen (secondary N) is 2. The molecule has 9 nitrogen and oxygen atoms in total. The van der Waals surface area contributed by atoms with E-state index in [0.717, 1.165) is 17.5 Å². The lowest BCUT2D eigenvalue weighted by Crippen LogP contribution is -2.25. The number of ether oxygens (including phenoxy) is 3. The van der Waals surface area contributed by atoms with E-state index in [1.165, 1.54) is 12.1 Å². The topological polar surface area (TPSA) is 124 Å². The standard InChI is InChI=1S/C22H30F3N5O3.C2H6O/c1-2-14(9-26)10-28-21-19(11-27-13-31)18-4-3-7-32-12-15-8-16(33-22(23,24)25)5-6-17(15)20(18)29-30-21;1-3-2/h5-6,8,14,27,31H,2-4,7,9-13,26H2,1H3,(H,28,30);1-2H3. The lowest BCUT2D eigenvalue weighted by molar-refractivity contribution is -0.274. The van der Waals surface area contributed by atoms with Crippen molar-refractivity contribution in [3.63, 3.8) is 0 Å². The molecule has 1 atom stereocenters. The summed E-state index contributed by atoms with van der Waals surface area (Å²) in [5, 5.41) is 24.4. The summed E-state index contributed by atoms with van der Waals surface area (Å²) in [6.07, 6.45) is -2.53. The first-order valence-corrected chi connectivity index (χ1v) is 11.8. The Hall–Kier alpha value is -2.51. The number of halogens is 3. The number of nitrogens with zero attached hydrogens (tertiary/aromatic N) is 2. The van der Waals surface area contributed by atoms with E-state index in [0.29, 0.717) is 61.7 Å². The number of aliphatic hydroxyl groups excluding tert-OH is 1. The lowest BCUT2D eigenvalue weighted by Gasteiger charge is -2.20. The van der Waals surface area contributed by atoms with Crippen LogP contribution in [0, 0.1) is 5.92 Å². The van der Waals surface area contributed by atoms with Crippen LogP contribution in [0.1, 0.15) is 36.5 Å². The molecule has 202 valence electrons. The molecule has 0 radical (unpaired) electrons. The Balaban J connectivity index is 0.00000145. The fourth-order valence-corrected chi connectivity index (χ4v) is 3.79. The Morgan fingerprint density at radius 1 is 1.25 bits per heavy atom. The van der Waals surface area contributed by atoms with E-state index >= 15 is 0 Å². The molecule has 2 heterocycles. The predicted molar refractivity (Wildman–Crippen MR) is 130 cm³/mol. The van der Waals surface area contributed by atoms with Gasteiger partial charge in [0.05, 0.1) is 19.0 Å². The van der Waals surface area contributed by atoms with Gasteiger partial charge in [-0.15, -0.1) is 23.4 Å². The van der Waals surface area contributed by atoms with Gasteiger partial charge < -0.3 is 30.4 Å². The van der Waals surface area contributed by atoms with Crippen molar-refractivity contribution in [3.8, 4) is 17.0 Å². The summed E-state index contributed by atoms with van der Waals surface area (Å²) in [5.41, 5.74) is 9.33. The maximum atomic E-state index is 12.7. The van der Waals surface area contributed by atoms with E-state index in [4.69, 9.17) is 10.5 Å². The average Bonchev–Trinajstić information content (AvgIpc) is 2.92. The fraction of sp³-hybridized carbons (Fsp3) is 0.583. The highest BCUT2D eigenvalue weighted by Gasteiger charge is 2.31. The van der Waals surface area contributed by atoms with Gasteiger partial charge in [0.2, 0.25) is 0 Å². The Kier molecular flexibility index (Phi) is 12.3. The molecule has 36 heavy (non-hydrogen) atoms. The number of nitrogens with two attached hydrogens (primary N) is 1. The zero-order valence-corrected chi connectivity index (χ0v) is 21.0. The highest BCUT2D eigenvalue weighted by Crippen LogP contribution is 2.35. The second kappa shape index (κ2) is 14.9. The Morgan fingerprint density at radius 3 is 2.64 bits per heavy atom. The minimum atomic E-state index is -4.78. The summed E-state index contributed by atoms with van der Waals surface area (Å²) < 4.78 is 52.1. The normalized spacial score (nSPS) is 14.2. The molecule has 1 unspecified atom stereocenters. The van der Waals surface area contributed by atoms with Gasteiger partial charge in [-0.05, 0) is 54.6 Å². The van der Waals surface area contributed by atoms with Gasteiger partial charge in [0.25, 0.3) is 0 Å². The average molecular weight is 516 g/mol. The highest BCUT2D eigenvalue weighted by atomic mass is 19.4. The van der Waals surface area contributed by atoms with Gasteiger partial charge >= 0.3 is 6.36 Å². The number of aromatic nitrogens is 2. The lowest BCUT2D eigenvalue weighted by atomic mass is 9.95. The summed E-state index contributed by atoms with van der Waals surface area (Å²) in [5.74, 6) is 0.559. The van der Waals surface area contributed by atoms with Gasteiger partial charge in [0.1, 0.15) is 5.75 Å². The molecule has 0 spiro atoms. The minimum Gasteiger partial charge on any atom is -0.406 e.